The van der Waals surface area contributed by atoms with Crippen molar-refractivity contribution in [2.24, 2.45) is 0 Å². The molecule has 1 aliphatic heterocycles. The highest BCUT2D eigenvalue weighted by atomic mass is 16.4. The SMILES string of the molecule is CCCc1nnc([C@H]2CCN(Cc3ccc(N(C)C)cc3)C2)o1. The molecule has 3 rings (SSSR count). The topological polar surface area (TPSA) is 45.4 Å². The average Bonchev–Trinajstić information content (AvgIpc) is 3.17. The lowest BCUT2D eigenvalue weighted by Crippen LogP contribution is -2.20. The number of anilines is 1. The van der Waals surface area contributed by atoms with Crippen molar-refractivity contribution in [1.82, 2.24) is 15.1 Å². The van der Waals surface area contributed by atoms with E-state index in [4.69, 9.17) is 4.42 Å². The van der Waals surface area contributed by atoms with E-state index >= 15 is 0 Å². The molecule has 1 saturated heterocycles. The van der Waals surface area contributed by atoms with E-state index in [1.807, 2.05) is 0 Å². The molecule has 124 valence electrons. The zero-order valence-corrected chi connectivity index (χ0v) is 14.3. The number of aryl methyl sites for hydroxylation is 1. The minimum atomic E-state index is 0.383. The third kappa shape index (κ3) is 3.91. The minimum Gasteiger partial charge on any atom is -0.425 e. The van der Waals surface area contributed by atoms with Crippen molar-refractivity contribution in [3.05, 3.63) is 41.6 Å². The summed E-state index contributed by atoms with van der Waals surface area (Å²) in [6, 6.07) is 8.79. The van der Waals surface area contributed by atoms with Gasteiger partial charge in [0, 0.05) is 39.3 Å². The third-order valence-corrected chi connectivity index (χ3v) is 4.43. The maximum Gasteiger partial charge on any atom is 0.220 e. The molecule has 0 saturated carbocycles. The summed E-state index contributed by atoms with van der Waals surface area (Å²) in [4.78, 5) is 4.60. The Kier molecular flexibility index (Phi) is 4.96. The van der Waals surface area contributed by atoms with Crippen LogP contribution in [0.15, 0.2) is 28.7 Å². The summed E-state index contributed by atoms with van der Waals surface area (Å²) in [7, 11) is 4.13. The van der Waals surface area contributed by atoms with E-state index in [0.29, 0.717) is 5.92 Å². The summed E-state index contributed by atoms with van der Waals surface area (Å²) in [6.07, 6.45) is 3.02. The molecule has 0 amide bonds. The smallest absolute Gasteiger partial charge is 0.220 e. The van der Waals surface area contributed by atoms with Crippen LogP contribution in [0.1, 0.15) is 43.0 Å². The first-order valence-electron chi connectivity index (χ1n) is 8.46. The van der Waals surface area contributed by atoms with Gasteiger partial charge in [0.15, 0.2) is 0 Å². The molecule has 1 aliphatic rings. The van der Waals surface area contributed by atoms with Gasteiger partial charge in [-0.15, -0.1) is 10.2 Å². The molecule has 0 N–H and O–H groups in total. The molecule has 23 heavy (non-hydrogen) atoms. The highest BCUT2D eigenvalue weighted by Crippen LogP contribution is 2.27. The molecule has 1 atom stereocenters. The first-order valence-corrected chi connectivity index (χ1v) is 8.46. The number of aromatic nitrogens is 2. The summed E-state index contributed by atoms with van der Waals surface area (Å²) < 4.78 is 5.79. The Labute approximate surface area is 138 Å². The maximum absolute atomic E-state index is 5.79. The van der Waals surface area contributed by atoms with Gasteiger partial charge in [0.25, 0.3) is 0 Å². The summed E-state index contributed by atoms with van der Waals surface area (Å²) >= 11 is 0. The minimum absolute atomic E-state index is 0.383. The van der Waals surface area contributed by atoms with Crippen molar-refractivity contribution in [3.63, 3.8) is 0 Å². The summed E-state index contributed by atoms with van der Waals surface area (Å²) in [6.45, 7) is 5.21. The van der Waals surface area contributed by atoms with Crippen LogP contribution >= 0.6 is 0 Å². The Morgan fingerprint density at radius 2 is 2.00 bits per heavy atom. The van der Waals surface area contributed by atoms with Crippen LogP contribution in [0.4, 0.5) is 5.69 Å². The fourth-order valence-corrected chi connectivity index (χ4v) is 3.08. The van der Waals surface area contributed by atoms with Crippen LogP contribution in [0.2, 0.25) is 0 Å². The molecule has 5 heteroatoms. The zero-order chi connectivity index (χ0) is 16.2. The van der Waals surface area contributed by atoms with E-state index in [0.717, 1.165) is 50.7 Å². The fourth-order valence-electron chi connectivity index (χ4n) is 3.08. The van der Waals surface area contributed by atoms with E-state index in [1.165, 1.54) is 11.3 Å². The Morgan fingerprint density at radius 3 is 2.70 bits per heavy atom. The number of benzene rings is 1. The van der Waals surface area contributed by atoms with Gasteiger partial charge in [0.05, 0.1) is 5.92 Å². The van der Waals surface area contributed by atoms with Crippen LogP contribution in [0.3, 0.4) is 0 Å². The van der Waals surface area contributed by atoms with Gasteiger partial charge in [-0.05, 0) is 37.1 Å². The van der Waals surface area contributed by atoms with Crippen LogP contribution < -0.4 is 4.90 Å². The van der Waals surface area contributed by atoms with E-state index in [9.17, 15) is 0 Å². The summed E-state index contributed by atoms with van der Waals surface area (Å²) in [5.41, 5.74) is 2.59. The second-order valence-corrected chi connectivity index (χ2v) is 6.57. The molecule has 0 bridgehead atoms. The number of likely N-dealkylation sites (tertiary alicyclic amines) is 1. The Balaban J connectivity index is 1.56. The van der Waals surface area contributed by atoms with Gasteiger partial charge >= 0.3 is 0 Å². The predicted octanol–water partition coefficient (Wildman–Crippen LogP) is 3.08. The standard InChI is InChI=1S/C18H26N4O/c1-4-5-17-19-20-18(23-17)15-10-11-22(13-15)12-14-6-8-16(9-7-14)21(2)3/h6-9,15H,4-5,10-13H2,1-3H3/t15-/m0/s1. The lowest BCUT2D eigenvalue weighted by molar-refractivity contribution is 0.318. The molecule has 1 aromatic heterocycles. The van der Waals surface area contributed by atoms with E-state index in [-0.39, 0.29) is 0 Å². The van der Waals surface area contributed by atoms with Gasteiger partial charge < -0.3 is 9.32 Å². The fraction of sp³-hybridized carbons (Fsp3) is 0.556. The van der Waals surface area contributed by atoms with Gasteiger partial charge in [-0.1, -0.05) is 19.1 Å². The normalized spacial score (nSPS) is 18.5. The maximum atomic E-state index is 5.79. The number of hydrogen-bond acceptors (Lipinski definition) is 5. The van der Waals surface area contributed by atoms with Gasteiger partial charge in [-0.2, -0.15) is 0 Å². The third-order valence-electron chi connectivity index (χ3n) is 4.43. The molecule has 2 aromatic rings. The molecule has 0 aliphatic carbocycles. The molecular formula is C18H26N4O. The van der Waals surface area contributed by atoms with Crippen molar-refractivity contribution in [1.29, 1.82) is 0 Å². The van der Waals surface area contributed by atoms with Gasteiger partial charge in [0.1, 0.15) is 0 Å². The van der Waals surface area contributed by atoms with Crippen LogP contribution in [0.5, 0.6) is 0 Å². The monoisotopic (exact) mass is 314 g/mol. The summed E-state index contributed by atoms with van der Waals surface area (Å²) in [5.74, 6) is 1.98. The van der Waals surface area contributed by atoms with Crippen molar-refractivity contribution in [3.8, 4) is 0 Å². The second-order valence-electron chi connectivity index (χ2n) is 6.57. The van der Waals surface area contributed by atoms with Gasteiger partial charge in [-0.3, -0.25) is 4.90 Å². The van der Waals surface area contributed by atoms with Crippen LogP contribution in [-0.2, 0) is 13.0 Å². The van der Waals surface area contributed by atoms with E-state index in [2.05, 4.69) is 65.3 Å². The molecule has 2 heterocycles. The Bertz CT molecular complexity index is 620. The number of nitrogens with zero attached hydrogens (tertiary/aromatic N) is 4. The molecule has 1 aromatic carbocycles. The first-order chi connectivity index (χ1) is 11.2. The van der Waals surface area contributed by atoms with E-state index < -0.39 is 0 Å². The largest absolute Gasteiger partial charge is 0.425 e. The highest BCUT2D eigenvalue weighted by Gasteiger charge is 2.28. The lowest BCUT2D eigenvalue weighted by atomic mass is 10.1. The van der Waals surface area contributed by atoms with E-state index in [1.54, 1.807) is 0 Å². The quantitative estimate of drug-likeness (QED) is 0.820. The van der Waals surface area contributed by atoms with Crippen LogP contribution in [-0.4, -0.2) is 42.3 Å². The lowest BCUT2D eigenvalue weighted by Gasteiger charge is -2.17. The molecule has 0 radical (unpaired) electrons. The molecule has 1 fully saturated rings. The number of hydrogen-bond donors (Lipinski definition) is 0. The van der Waals surface area contributed by atoms with Gasteiger partial charge in [0.2, 0.25) is 11.8 Å². The Hall–Kier alpha value is -1.88. The highest BCUT2D eigenvalue weighted by molar-refractivity contribution is 5.45. The first kappa shape index (κ1) is 16.0. The molecular weight excluding hydrogens is 288 g/mol. The van der Waals surface area contributed by atoms with Crippen LogP contribution in [0, 0.1) is 0 Å². The van der Waals surface area contributed by atoms with Crippen molar-refractivity contribution in [2.75, 3.05) is 32.1 Å². The second kappa shape index (κ2) is 7.13. The molecule has 0 unspecified atom stereocenters. The molecule has 5 nitrogen and oxygen atoms in total. The Morgan fingerprint density at radius 1 is 1.22 bits per heavy atom. The molecule has 0 spiro atoms. The summed E-state index contributed by atoms with van der Waals surface area (Å²) in [5, 5.41) is 8.39. The van der Waals surface area contributed by atoms with Crippen LogP contribution in [0.25, 0.3) is 0 Å². The zero-order valence-electron chi connectivity index (χ0n) is 14.3. The number of rotatable bonds is 6. The predicted molar refractivity (Wildman–Crippen MR) is 91.7 cm³/mol. The van der Waals surface area contributed by atoms with Crippen molar-refractivity contribution >= 4 is 5.69 Å². The van der Waals surface area contributed by atoms with Gasteiger partial charge in [-0.25, -0.2) is 0 Å². The van der Waals surface area contributed by atoms with Crippen molar-refractivity contribution in [2.45, 2.75) is 38.6 Å². The van der Waals surface area contributed by atoms with Crippen molar-refractivity contribution < 1.29 is 4.42 Å². The average molecular weight is 314 g/mol.